The predicted molar refractivity (Wildman–Crippen MR) is 230 cm³/mol. The predicted octanol–water partition coefficient (Wildman–Crippen LogP) is 7.61. The van der Waals surface area contributed by atoms with E-state index in [1.807, 2.05) is 12.1 Å². The van der Waals surface area contributed by atoms with E-state index in [2.05, 4.69) is 59.7 Å². The van der Waals surface area contributed by atoms with Gasteiger partial charge in [0, 0.05) is 43.3 Å². The highest BCUT2D eigenvalue weighted by Crippen LogP contribution is 2.34. The third kappa shape index (κ3) is 9.71. The van der Waals surface area contributed by atoms with Crippen molar-refractivity contribution in [3.63, 3.8) is 0 Å². The van der Waals surface area contributed by atoms with Gasteiger partial charge in [-0.3, -0.25) is 14.5 Å². The highest BCUT2D eigenvalue weighted by Gasteiger charge is 2.32. The number of hydrogen-bond donors (Lipinski definition) is 5. The summed E-state index contributed by atoms with van der Waals surface area (Å²) in [5.41, 5.74) is 2.41. The second-order valence-electron chi connectivity index (χ2n) is 12.4. The summed E-state index contributed by atoms with van der Waals surface area (Å²) in [4.78, 5) is 76.5. The summed E-state index contributed by atoms with van der Waals surface area (Å²) in [5.74, 6) is 0.280. The van der Waals surface area contributed by atoms with Crippen LogP contribution in [0, 0.1) is 0 Å². The summed E-state index contributed by atoms with van der Waals surface area (Å²) in [6, 6.07) is 33.0. The Morgan fingerprint density at radius 1 is 0.576 bits per heavy atom. The normalized spacial score (nSPS) is 10.9. The summed E-state index contributed by atoms with van der Waals surface area (Å²) in [5, 5.41) is 14.6. The lowest BCUT2D eigenvalue weighted by Gasteiger charge is -2.34. The maximum Gasteiger partial charge on any atom is 0.332 e. The summed E-state index contributed by atoms with van der Waals surface area (Å²) in [6.45, 7) is 7.29. The van der Waals surface area contributed by atoms with E-state index in [9.17, 15) is 19.2 Å². The van der Waals surface area contributed by atoms with Crippen LogP contribution in [-0.2, 0) is 9.59 Å². The zero-order chi connectivity index (χ0) is 41.7. The summed E-state index contributed by atoms with van der Waals surface area (Å²) in [6.07, 6.45) is 3.73. The number of urea groups is 2. The quantitative estimate of drug-likeness (QED) is 0.0543. The Labute approximate surface area is 340 Å². The minimum Gasteiger partial charge on any atom is -0.373 e. The van der Waals surface area contributed by atoms with Gasteiger partial charge in [-0.1, -0.05) is 73.8 Å². The van der Waals surface area contributed by atoms with Gasteiger partial charge in [0.15, 0.2) is 0 Å². The zero-order valence-electron chi connectivity index (χ0n) is 32.1. The molecule has 2 heterocycles. The first kappa shape index (κ1) is 40.3. The molecule has 0 radical (unpaired) electrons. The number of nitrogens with zero attached hydrogens (tertiary/aromatic N) is 7. The van der Waals surface area contributed by atoms with E-state index in [0.29, 0.717) is 45.6 Å². The monoisotopic (exact) mass is 788 g/mol. The molecular weight excluding hydrogens is 749 g/mol. The first-order valence-electron chi connectivity index (χ1n) is 18.1. The molecule has 0 bridgehead atoms. The van der Waals surface area contributed by atoms with Crippen molar-refractivity contribution in [3.05, 3.63) is 165 Å². The molecule has 59 heavy (non-hydrogen) atoms. The van der Waals surface area contributed by atoms with Gasteiger partial charge in [0.05, 0.1) is 11.4 Å². The number of aromatic nitrogens is 4. The average Bonchev–Trinajstić information content (AvgIpc) is 3.27. The van der Waals surface area contributed by atoms with Gasteiger partial charge >= 0.3 is 12.1 Å². The molecule has 2 aromatic heterocycles. The number of carbonyl (C=O) groups is 4. The Kier molecular flexibility index (Phi) is 12.9. The molecule has 0 fully saturated rings. The van der Waals surface area contributed by atoms with Crippen LogP contribution in [-0.4, -0.2) is 57.9 Å². The van der Waals surface area contributed by atoms with Crippen LogP contribution in [0.15, 0.2) is 159 Å². The number of nitrogens with one attached hydrogen (secondary N) is 5. The fourth-order valence-electron chi connectivity index (χ4n) is 5.93. The fraction of sp³-hybridized carbons (Fsp3) is 0.0698. The minimum absolute atomic E-state index is 0.176. The highest BCUT2D eigenvalue weighted by molar-refractivity contribution is 6.08. The number of rotatable bonds is 14. The molecule has 0 aliphatic carbocycles. The van der Waals surface area contributed by atoms with Crippen molar-refractivity contribution < 1.29 is 19.2 Å². The molecule has 6 aromatic rings. The van der Waals surface area contributed by atoms with Gasteiger partial charge in [0.2, 0.25) is 5.91 Å². The van der Waals surface area contributed by atoms with E-state index >= 15 is 0 Å². The fourth-order valence-corrected chi connectivity index (χ4v) is 5.93. The standard InChI is InChI=1S/C43H40N12O4/c1-5-39(56)50-31-19-13-20-32(23-31)53(37-25-35(44-3)46-27-48-37)43(59)52-41(29-15-9-7-10-16-29)55(40(57)6-2)34-22-14-21-33(24-34)54(38-26-36(45-4)47-28-49-38)42(58)51-30-17-11-8-12-18-30/h5-28,41H,1-2H2,3-4H3,(H,50,56)(H,51,58)(H,52,59)(H,44,46,48)(H,45,47,49). The molecule has 5 N–H and O–H groups in total. The number of para-hydroxylation sites is 1. The van der Waals surface area contributed by atoms with E-state index in [0.717, 1.165) is 12.2 Å². The van der Waals surface area contributed by atoms with E-state index in [1.54, 1.807) is 123 Å². The van der Waals surface area contributed by atoms with Crippen molar-refractivity contribution in [1.29, 1.82) is 0 Å². The van der Waals surface area contributed by atoms with Crippen molar-refractivity contribution in [2.45, 2.75) is 6.17 Å². The third-order valence-electron chi connectivity index (χ3n) is 8.68. The first-order chi connectivity index (χ1) is 28.7. The SMILES string of the molecule is C=CC(=O)Nc1cccc(N(C(=O)NC(c2ccccc2)N(C(=O)C=C)c2cccc(N(C(=O)Nc3ccccc3)c3cc(NC)ncn3)c2)c2cc(NC)ncn2)c1. The molecule has 0 saturated carbocycles. The van der Waals surface area contributed by atoms with E-state index < -0.39 is 30.0 Å². The van der Waals surface area contributed by atoms with Crippen molar-refractivity contribution in [2.75, 3.05) is 50.1 Å². The summed E-state index contributed by atoms with van der Waals surface area (Å²) >= 11 is 0. The molecule has 4 aromatic carbocycles. The van der Waals surface area contributed by atoms with Crippen LogP contribution in [0.5, 0.6) is 0 Å². The lowest BCUT2D eigenvalue weighted by molar-refractivity contribution is -0.115. The topological polar surface area (TPSA) is 190 Å². The molecule has 1 unspecified atom stereocenters. The number of amides is 6. The molecule has 16 heteroatoms. The van der Waals surface area contributed by atoms with Crippen LogP contribution in [0.2, 0.25) is 0 Å². The summed E-state index contributed by atoms with van der Waals surface area (Å²) < 4.78 is 0. The van der Waals surface area contributed by atoms with Crippen LogP contribution in [0.4, 0.5) is 61.3 Å². The Balaban J connectivity index is 1.46. The Morgan fingerprint density at radius 2 is 1.12 bits per heavy atom. The van der Waals surface area contributed by atoms with Crippen LogP contribution in [0.1, 0.15) is 11.7 Å². The van der Waals surface area contributed by atoms with Gasteiger partial charge in [-0.15, -0.1) is 0 Å². The van der Waals surface area contributed by atoms with Crippen LogP contribution in [0.3, 0.4) is 0 Å². The van der Waals surface area contributed by atoms with Gasteiger partial charge < -0.3 is 26.6 Å². The maximum atomic E-state index is 14.8. The van der Waals surface area contributed by atoms with Crippen molar-refractivity contribution in [1.82, 2.24) is 25.3 Å². The Morgan fingerprint density at radius 3 is 1.71 bits per heavy atom. The van der Waals surface area contributed by atoms with Crippen LogP contribution < -0.4 is 41.3 Å². The lowest BCUT2D eigenvalue weighted by Crippen LogP contribution is -2.48. The smallest absolute Gasteiger partial charge is 0.332 e. The molecule has 16 nitrogen and oxygen atoms in total. The zero-order valence-corrected chi connectivity index (χ0v) is 32.1. The minimum atomic E-state index is -1.16. The van der Waals surface area contributed by atoms with Gasteiger partial charge in [0.1, 0.15) is 42.1 Å². The number of carbonyl (C=O) groups excluding carboxylic acids is 4. The molecule has 0 aliphatic heterocycles. The van der Waals surface area contributed by atoms with Crippen LogP contribution in [0.25, 0.3) is 0 Å². The van der Waals surface area contributed by atoms with Gasteiger partial charge in [-0.05, 0) is 66.2 Å². The van der Waals surface area contributed by atoms with Gasteiger partial charge in [-0.25, -0.2) is 39.3 Å². The molecule has 1 atom stereocenters. The molecule has 0 spiro atoms. The van der Waals surface area contributed by atoms with Crippen molar-refractivity contribution in [3.8, 4) is 0 Å². The first-order valence-corrected chi connectivity index (χ1v) is 18.1. The van der Waals surface area contributed by atoms with E-state index in [4.69, 9.17) is 0 Å². The van der Waals surface area contributed by atoms with Crippen molar-refractivity contribution in [2.24, 2.45) is 0 Å². The second-order valence-corrected chi connectivity index (χ2v) is 12.4. The average molecular weight is 789 g/mol. The van der Waals surface area contributed by atoms with Gasteiger partial charge in [-0.2, -0.15) is 0 Å². The largest absolute Gasteiger partial charge is 0.373 e. The highest BCUT2D eigenvalue weighted by atomic mass is 16.2. The molecular formula is C43H40N12O4. The van der Waals surface area contributed by atoms with Gasteiger partial charge in [0.25, 0.3) is 5.91 Å². The number of anilines is 9. The number of hydrogen-bond acceptors (Lipinski definition) is 10. The van der Waals surface area contributed by atoms with E-state index in [1.165, 1.54) is 27.4 Å². The molecule has 6 rings (SSSR count). The Hall–Kier alpha value is -8.40. The third-order valence-corrected chi connectivity index (χ3v) is 8.68. The molecule has 0 aliphatic rings. The molecule has 296 valence electrons. The van der Waals surface area contributed by atoms with E-state index in [-0.39, 0.29) is 11.6 Å². The number of benzene rings is 4. The van der Waals surface area contributed by atoms with Crippen LogP contribution >= 0.6 is 0 Å². The second kappa shape index (κ2) is 19.0. The van der Waals surface area contributed by atoms with Crippen molar-refractivity contribution >= 4 is 75.6 Å². The maximum absolute atomic E-state index is 14.8. The molecule has 6 amide bonds. The molecule has 0 saturated heterocycles. The lowest BCUT2D eigenvalue weighted by atomic mass is 10.1. The Bertz CT molecular complexity index is 2470. The summed E-state index contributed by atoms with van der Waals surface area (Å²) in [7, 11) is 3.37.